The number of benzene rings is 3. The first-order chi connectivity index (χ1) is 13.6. The molecule has 0 radical (unpaired) electrons. The van der Waals surface area contributed by atoms with Crippen LogP contribution in [0.3, 0.4) is 0 Å². The number of carbonyl (C=O) groups excluding carboxylic acids is 2. The standard InChI is InChI=1S/C23H23NO4/c1-3-24(21-10-6-8-18-7-4-5-9-20(18)21)22(25)16-28-23(26)19-13-11-17(12-14-19)15-27-2/h4-14H,3,15-16H2,1-2H3. The average molecular weight is 377 g/mol. The molecule has 144 valence electrons. The molecule has 0 atom stereocenters. The Balaban J connectivity index is 1.69. The Labute approximate surface area is 164 Å². The number of hydrogen-bond acceptors (Lipinski definition) is 4. The van der Waals surface area contributed by atoms with Crippen LogP contribution in [0.5, 0.6) is 0 Å². The van der Waals surface area contributed by atoms with E-state index in [4.69, 9.17) is 9.47 Å². The Bertz CT molecular complexity index is 961. The predicted octanol–water partition coefficient (Wildman–Crippen LogP) is 4.20. The molecule has 0 spiro atoms. The average Bonchev–Trinajstić information content (AvgIpc) is 2.73. The summed E-state index contributed by atoms with van der Waals surface area (Å²) in [5, 5.41) is 2.04. The molecule has 3 aromatic rings. The summed E-state index contributed by atoms with van der Waals surface area (Å²) >= 11 is 0. The molecule has 0 heterocycles. The molecular formula is C23H23NO4. The normalized spacial score (nSPS) is 10.6. The second kappa shape index (κ2) is 9.15. The maximum absolute atomic E-state index is 12.7. The van der Waals surface area contributed by atoms with E-state index in [2.05, 4.69) is 0 Å². The third kappa shape index (κ3) is 4.38. The molecule has 0 saturated carbocycles. The van der Waals surface area contributed by atoms with E-state index >= 15 is 0 Å². The number of nitrogens with zero attached hydrogens (tertiary/aromatic N) is 1. The zero-order valence-corrected chi connectivity index (χ0v) is 16.1. The van der Waals surface area contributed by atoms with Crippen molar-refractivity contribution in [3.8, 4) is 0 Å². The van der Waals surface area contributed by atoms with E-state index in [0.717, 1.165) is 22.0 Å². The van der Waals surface area contributed by atoms with Gasteiger partial charge in [0.15, 0.2) is 6.61 Å². The van der Waals surface area contributed by atoms with Gasteiger partial charge in [-0.25, -0.2) is 4.79 Å². The van der Waals surface area contributed by atoms with Gasteiger partial charge in [-0.1, -0.05) is 48.5 Å². The highest BCUT2D eigenvalue weighted by Crippen LogP contribution is 2.26. The van der Waals surface area contributed by atoms with Crippen LogP contribution in [0.1, 0.15) is 22.8 Å². The largest absolute Gasteiger partial charge is 0.452 e. The third-order valence-corrected chi connectivity index (χ3v) is 4.50. The highest BCUT2D eigenvalue weighted by Gasteiger charge is 2.18. The summed E-state index contributed by atoms with van der Waals surface area (Å²) in [4.78, 5) is 26.6. The van der Waals surface area contributed by atoms with Crippen molar-refractivity contribution < 1.29 is 19.1 Å². The minimum absolute atomic E-state index is 0.261. The number of hydrogen-bond donors (Lipinski definition) is 0. The molecule has 0 bridgehead atoms. The van der Waals surface area contributed by atoms with E-state index in [0.29, 0.717) is 18.7 Å². The van der Waals surface area contributed by atoms with Crippen molar-refractivity contribution in [1.82, 2.24) is 0 Å². The lowest BCUT2D eigenvalue weighted by Crippen LogP contribution is -2.34. The summed E-state index contributed by atoms with van der Waals surface area (Å²) in [6, 6.07) is 20.7. The number of fused-ring (bicyclic) bond motifs is 1. The number of amides is 1. The van der Waals surface area contributed by atoms with Crippen LogP contribution in [0.4, 0.5) is 5.69 Å². The Morgan fingerprint density at radius 3 is 2.36 bits per heavy atom. The summed E-state index contributed by atoms with van der Waals surface area (Å²) in [5.74, 6) is -0.783. The van der Waals surface area contributed by atoms with Crippen molar-refractivity contribution in [3.63, 3.8) is 0 Å². The van der Waals surface area contributed by atoms with Crippen LogP contribution in [0.15, 0.2) is 66.7 Å². The van der Waals surface area contributed by atoms with Crippen LogP contribution < -0.4 is 4.90 Å². The number of likely N-dealkylation sites (N-methyl/N-ethyl adjacent to an activating group) is 1. The lowest BCUT2D eigenvalue weighted by molar-refractivity contribution is -0.121. The zero-order valence-electron chi connectivity index (χ0n) is 16.1. The second-order valence-corrected chi connectivity index (χ2v) is 6.34. The Morgan fingerprint density at radius 1 is 0.929 bits per heavy atom. The molecule has 5 nitrogen and oxygen atoms in total. The van der Waals surface area contributed by atoms with Gasteiger partial charge in [-0.15, -0.1) is 0 Å². The van der Waals surface area contributed by atoms with Crippen molar-refractivity contribution in [2.24, 2.45) is 0 Å². The van der Waals surface area contributed by atoms with Crippen LogP contribution in [0.2, 0.25) is 0 Å². The predicted molar refractivity (Wildman–Crippen MR) is 109 cm³/mol. The number of anilines is 1. The van der Waals surface area contributed by atoms with Gasteiger partial charge in [0.2, 0.25) is 0 Å². The molecule has 5 heteroatoms. The summed E-state index contributed by atoms with van der Waals surface area (Å²) in [6.45, 7) is 2.55. The molecule has 0 aliphatic heterocycles. The number of methoxy groups -OCH3 is 1. The van der Waals surface area contributed by atoms with E-state index < -0.39 is 5.97 Å². The van der Waals surface area contributed by atoms with Crippen LogP contribution in [0, 0.1) is 0 Å². The summed E-state index contributed by atoms with van der Waals surface area (Å²) < 4.78 is 10.3. The van der Waals surface area contributed by atoms with Crippen LogP contribution in [-0.4, -0.2) is 32.1 Å². The first kappa shape index (κ1) is 19.6. The fourth-order valence-electron chi connectivity index (χ4n) is 3.12. The molecule has 3 aromatic carbocycles. The Morgan fingerprint density at radius 2 is 1.64 bits per heavy atom. The maximum atomic E-state index is 12.7. The second-order valence-electron chi connectivity index (χ2n) is 6.34. The van der Waals surface area contributed by atoms with Gasteiger partial charge in [0, 0.05) is 19.0 Å². The Hall–Kier alpha value is -3.18. The number of carbonyl (C=O) groups is 2. The van der Waals surface area contributed by atoms with Gasteiger partial charge >= 0.3 is 5.97 Å². The van der Waals surface area contributed by atoms with Crippen LogP contribution >= 0.6 is 0 Å². The van der Waals surface area contributed by atoms with Crippen molar-refractivity contribution in [1.29, 1.82) is 0 Å². The molecule has 0 aromatic heterocycles. The highest BCUT2D eigenvalue weighted by molar-refractivity contribution is 6.04. The number of esters is 1. The first-order valence-electron chi connectivity index (χ1n) is 9.17. The summed E-state index contributed by atoms with van der Waals surface area (Å²) in [7, 11) is 1.61. The topological polar surface area (TPSA) is 55.8 Å². The summed E-state index contributed by atoms with van der Waals surface area (Å²) in [6.07, 6.45) is 0. The lowest BCUT2D eigenvalue weighted by Gasteiger charge is -2.22. The van der Waals surface area contributed by atoms with Gasteiger partial charge in [-0.3, -0.25) is 4.79 Å². The van der Waals surface area contributed by atoms with E-state index in [1.165, 1.54) is 0 Å². The number of ether oxygens (including phenoxy) is 2. The molecular weight excluding hydrogens is 354 g/mol. The monoisotopic (exact) mass is 377 g/mol. The van der Waals surface area contributed by atoms with Gasteiger partial charge in [0.1, 0.15) is 0 Å². The van der Waals surface area contributed by atoms with E-state index in [1.54, 1.807) is 36.3 Å². The molecule has 0 unspecified atom stereocenters. The molecule has 1 amide bonds. The molecule has 0 aliphatic carbocycles. The highest BCUT2D eigenvalue weighted by atomic mass is 16.5. The van der Waals surface area contributed by atoms with Crippen LogP contribution in [-0.2, 0) is 20.9 Å². The maximum Gasteiger partial charge on any atom is 0.338 e. The fourth-order valence-corrected chi connectivity index (χ4v) is 3.12. The van der Waals surface area contributed by atoms with Crippen LogP contribution in [0.25, 0.3) is 10.8 Å². The first-order valence-corrected chi connectivity index (χ1v) is 9.17. The smallest absolute Gasteiger partial charge is 0.338 e. The zero-order chi connectivity index (χ0) is 19.9. The molecule has 28 heavy (non-hydrogen) atoms. The SMILES string of the molecule is CCN(C(=O)COC(=O)c1ccc(COC)cc1)c1cccc2ccccc12. The summed E-state index contributed by atoms with van der Waals surface area (Å²) in [5.41, 5.74) is 2.18. The molecule has 0 N–H and O–H groups in total. The quantitative estimate of drug-likeness (QED) is 0.579. The van der Waals surface area contributed by atoms with Gasteiger partial charge in [-0.2, -0.15) is 0 Å². The van der Waals surface area contributed by atoms with Crippen molar-refractivity contribution in [2.45, 2.75) is 13.5 Å². The Kier molecular flexibility index (Phi) is 6.40. The van der Waals surface area contributed by atoms with Gasteiger partial charge in [-0.05, 0) is 36.1 Å². The minimum Gasteiger partial charge on any atom is -0.452 e. The number of rotatable bonds is 7. The van der Waals surface area contributed by atoms with Crippen molar-refractivity contribution in [2.75, 3.05) is 25.2 Å². The molecule has 0 saturated heterocycles. The minimum atomic E-state index is -0.522. The van der Waals surface area contributed by atoms with Gasteiger partial charge < -0.3 is 14.4 Å². The van der Waals surface area contributed by atoms with E-state index in [-0.39, 0.29) is 12.5 Å². The van der Waals surface area contributed by atoms with E-state index in [9.17, 15) is 9.59 Å². The molecule has 0 aliphatic rings. The molecule has 3 rings (SSSR count). The van der Waals surface area contributed by atoms with Crippen molar-refractivity contribution >= 4 is 28.3 Å². The fraction of sp³-hybridized carbons (Fsp3) is 0.217. The molecule has 0 fully saturated rings. The lowest BCUT2D eigenvalue weighted by atomic mass is 10.1. The third-order valence-electron chi connectivity index (χ3n) is 4.50. The van der Waals surface area contributed by atoms with Gasteiger partial charge in [0.25, 0.3) is 5.91 Å². The van der Waals surface area contributed by atoms with E-state index in [1.807, 2.05) is 49.4 Å². The van der Waals surface area contributed by atoms with Gasteiger partial charge in [0.05, 0.1) is 17.9 Å². The van der Waals surface area contributed by atoms with Crippen molar-refractivity contribution in [3.05, 3.63) is 77.9 Å².